The number of piperidine rings is 1. The maximum absolute atomic E-state index is 12.6. The van der Waals surface area contributed by atoms with Gasteiger partial charge in [0.1, 0.15) is 0 Å². The molecule has 1 amide bonds. The lowest BCUT2D eigenvalue weighted by atomic mass is 9.97. The van der Waals surface area contributed by atoms with E-state index in [-0.39, 0.29) is 17.9 Å². The van der Waals surface area contributed by atoms with Crippen molar-refractivity contribution in [2.24, 2.45) is 5.92 Å². The molecule has 0 saturated carbocycles. The summed E-state index contributed by atoms with van der Waals surface area (Å²) in [6, 6.07) is 9.98. The molecule has 1 atom stereocenters. The Kier molecular flexibility index (Phi) is 6.76. The highest BCUT2D eigenvalue weighted by Gasteiger charge is 2.26. The van der Waals surface area contributed by atoms with Crippen LogP contribution in [-0.4, -0.2) is 35.1 Å². The minimum Gasteiger partial charge on any atom is -0.374 e. The van der Waals surface area contributed by atoms with Gasteiger partial charge in [-0.2, -0.15) is 0 Å². The van der Waals surface area contributed by atoms with Gasteiger partial charge in [-0.3, -0.25) is 4.79 Å². The monoisotopic (exact) mass is 368 g/mol. The number of rotatable bonds is 7. The lowest BCUT2D eigenvalue weighted by molar-refractivity contribution is -0.125. The summed E-state index contributed by atoms with van der Waals surface area (Å²) in [7, 11) is 0. The molecule has 1 aliphatic rings. The summed E-state index contributed by atoms with van der Waals surface area (Å²) >= 11 is 0. The Morgan fingerprint density at radius 3 is 2.81 bits per heavy atom. The first-order chi connectivity index (χ1) is 13.1. The first-order valence-electron chi connectivity index (χ1n) is 9.61. The lowest BCUT2D eigenvalue weighted by Crippen LogP contribution is -2.43. The van der Waals surface area contributed by atoms with E-state index in [1.54, 1.807) is 18.5 Å². The summed E-state index contributed by atoms with van der Waals surface area (Å²) < 4.78 is 5.65. The average Bonchev–Trinajstić information content (AvgIpc) is 2.71. The van der Waals surface area contributed by atoms with E-state index in [1.807, 2.05) is 32.0 Å². The van der Waals surface area contributed by atoms with Crippen LogP contribution in [0.5, 0.6) is 0 Å². The Morgan fingerprint density at radius 1 is 1.26 bits per heavy atom. The van der Waals surface area contributed by atoms with E-state index in [1.165, 1.54) is 0 Å². The Hall–Kier alpha value is -2.47. The van der Waals surface area contributed by atoms with Crippen molar-refractivity contribution in [3.63, 3.8) is 0 Å². The zero-order valence-corrected chi connectivity index (χ0v) is 16.1. The van der Waals surface area contributed by atoms with E-state index >= 15 is 0 Å². The largest absolute Gasteiger partial charge is 0.374 e. The third kappa shape index (κ3) is 5.76. The minimum absolute atomic E-state index is 0.0324. The van der Waals surface area contributed by atoms with Crippen molar-refractivity contribution in [1.82, 2.24) is 15.3 Å². The number of carbonyl (C=O) groups is 1. The lowest BCUT2D eigenvalue weighted by Gasteiger charge is -2.31. The number of hydrogen-bond acceptors (Lipinski definition) is 5. The van der Waals surface area contributed by atoms with Gasteiger partial charge in [0, 0.05) is 32.0 Å². The molecule has 0 bridgehead atoms. The van der Waals surface area contributed by atoms with Crippen molar-refractivity contribution in [2.45, 2.75) is 45.9 Å². The van der Waals surface area contributed by atoms with Crippen molar-refractivity contribution in [2.75, 3.05) is 18.0 Å². The molecule has 1 N–H and O–H groups in total. The zero-order valence-electron chi connectivity index (χ0n) is 16.1. The van der Waals surface area contributed by atoms with Crippen LogP contribution < -0.4 is 10.2 Å². The van der Waals surface area contributed by atoms with Crippen LogP contribution in [0.25, 0.3) is 0 Å². The van der Waals surface area contributed by atoms with Gasteiger partial charge in [0.15, 0.2) is 0 Å². The fraction of sp³-hybridized carbons (Fsp3) is 0.476. The molecule has 0 aliphatic carbocycles. The van der Waals surface area contributed by atoms with Crippen LogP contribution in [0.3, 0.4) is 0 Å². The number of nitrogens with one attached hydrogen (secondary N) is 1. The molecule has 2 aromatic rings. The molecule has 1 aromatic carbocycles. The van der Waals surface area contributed by atoms with Gasteiger partial charge in [0.05, 0.1) is 18.6 Å². The molecule has 0 radical (unpaired) electrons. The smallest absolute Gasteiger partial charge is 0.225 e. The number of amides is 1. The number of benzene rings is 1. The highest BCUT2D eigenvalue weighted by Crippen LogP contribution is 2.20. The molecule has 1 aromatic heterocycles. The highest BCUT2D eigenvalue weighted by molar-refractivity contribution is 5.79. The molecular weight excluding hydrogens is 340 g/mol. The van der Waals surface area contributed by atoms with Crippen LogP contribution >= 0.6 is 0 Å². The van der Waals surface area contributed by atoms with Crippen LogP contribution in [-0.2, 0) is 22.7 Å². The minimum atomic E-state index is -0.0324. The van der Waals surface area contributed by atoms with E-state index in [0.717, 1.165) is 30.5 Å². The van der Waals surface area contributed by atoms with Gasteiger partial charge in [-0.1, -0.05) is 24.3 Å². The molecule has 2 heterocycles. The molecule has 1 aliphatic heterocycles. The second-order valence-corrected chi connectivity index (χ2v) is 7.23. The fourth-order valence-corrected chi connectivity index (χ4v) is 3.25. The Morgan fingerprint density at radius 2 is 2.04 bits per heavy atom. The zero-order chi connectivity index (χ0) is 19.1. The van der Waals surface area contributed by atoms with Gasteiger partial charge in [-0.05, 0) is 43.9 Å². The van der Waals surface area contributed by atoms with Gasteiger partial charge in [0.25, 0.3) is 0 Å². The normalized spacial score (nSPS) is 17.1. The Bertz CT molecular complexity index is 736. The highest BCUT2D eigenvalue weighted by atomic mass is 16.5. The van der Waals surface area contributed by atoms with Crippen molar-refractivity contribution < 1.29 is 9.53 Å². The van der Waals surface area contributed by atoms with Gasteiger partial charge in [-0.15, -0.1) is 0 Å². The molecule has 1 saturated heterocycles. The van der Waals surface area contributed by atoms with Crippen LogP contribution in [0.15, 0.2) is 42.7 Å². The summed E-state index contributed by atoms with van der Waals surface area (Å²) in [4.78, 5) is 23.3. The molecule has 3 rings (SSSR count). The number of hydrogen-bond donors (Lipinski definition) is 1. The number of carbonyl (C=O) groups excluding carboxylic acids is 1. The quantitative estimate of drug-likeness (QED) is 0.814. The van der Waals surface area contributed by atoms with Crippen molar-refractivity contribution in [3.8, 4) is 0 Å². The maximum Gasteiger partial charge on any atom is 0.225 e. The van der Waals surface area contributed by atoms with Crippen molar-refractivity contribution in [3.05, 3.63) is 53.9 Å². The van der Waals surface area contributed by atoms with Crippen LogP contribution in [0.1, 0.15) is 37.8 Å². The molecule has 0 spiro atoms. The summed E-state index contributed by atoms with van der Waals surface area (Å²) in [6.07, 6.45) is 5.55. The van der Waals surface area contributed by atoms with Gasteiger partial charge in [-0.25, -0.2) is 9.97 Å². The maximum atomic E-state index is 12.6. The number of anilines is 1. The summed E-state index contributed by atoms with van der Waals surface area (Å²) in [5, 5.41) is 3.09. The summed E-state index contributed by atoms with van der Waals surface area (Å²) in [5.41, 5.74) is 2.22. The third-order valence-electron chi connectivity index (χ3n) is 4.67. The standard InChI is InChI=1S/C21H28N4O2/c1-16(2)27-15-18-7-3-6-17(12-18)13-24-20(26)19-8-4-11-25(14-19)21-22-9-5-10-23-21/h3,5-7,9-10,12,16,19H,4,8,11,13-15H2,1-2H3,(H,24,26). The summed E-state index contributed by atoms with van der Waals surface area (Å²) in [5.74, 6) is 0.766. The number of aromatic nitrogens is 2. The Labute approximate surface area is 161 Å². The summed E-state index contributed by atoms with van der Waals surface area (Å²) in [6.45, 7) is 6.74. The first-order valence-corrected chi connectivity index (χ1v) is 9.61. The predicted molar refractivity (Wildman–Crippen MR) is 105 cm³/mol. The van der Waals surface area contributed by atoms with Crippen LogP contribution in [0, 0.1) is 5.92 Å². The molecule has 6 nitrogen and oxygen atoms in total. The first kappa shape index (κ1) is 19.3. The van der Waals surface area contributed by atoms with E-state index < -0.39 is 0 Å². The SMILES string of the molecule is CC(C)OCc1cccc(CNC(=O)C2CCCN(c3ncccn3)C2)c1. The van der Waals surface area contributed by atoms with Gasteiger partial charge < -0.3 is 15.0 Å². The topological polar surface area (TPSA) is 67.3 Å². The second-order valence-electron chi connectivity index (χ2n) is 7.23. The predicted octanol–water partition coefficient (Wildman–Crippen LogP) is 2.93. The van der Waals surface area contributed by atoms with Crippen molar-refractivity contribution in [1.29, 1.82) is 0 Å². The van der Waals surface area contributed by atoms with Gasteiger partial charge >= 0.3 is 0 Å². The molecule has 27 heavy (non-hydrogen) atoms. The third-order valence-corrected chi connectivity index (χ3v) is 4.67. The van der Waals surface area contributed by atoms with Crippen molar-refractivity contribution >= 4 is 11.9 Å². The Balaban J connectivity index is 1.52. The molecule has 144 valence electrons. The molecule has 6 heteroatoms. The fourth-order valence-electron chi connectivity index (χ4n) is 3.25. The molecule has 1 fully saturated rings. The van der Waals surface area contributed by atoms with E-state index in [0.29, 0.717) is 25.6 Å². The number of ether oxygens (including phenoxy) is 1. The molecular formula is C21H28N4O2. The molecule has 1 unspecified atom stereocenters. The van der Waals surface area contributed by atoms with E-state index in [2.05, 4.69) is 26.3 Å². The average molecular weight is 368 g/mol. The van der Waals surface area contributed by atoms with E-state index in [4.69, 9.17) is 4.74 Å². The van der Waals surface area contributed by atoms with Crippen LogP contribution in [0.4, 0.5) is 5.95 Å². The van der Waals surface area contributed by atoms with E-state index in [9.17, 15) is 4.79 Å². The second kappa shape index (κ2) is 9.46. The van der Waals surface area contributed by atoms with Gasteiger partial charge in [0.2, 0.25) is 11.9 Å². The van der Waals surface area contributed by atoms with Crippen LogP contribution in [0.2, 0.25) is 0 Å². The number of nitrogens with zero attached hydrogens (tertiary/aromatic N) is 3.